The molecule has 0 bridgehead atoms. The third-order valence-corrected chi connectivity index (χ3v) is 5.47. The lowest BCUT2D eigenvalue weighted by Crippen LogP contribution is -2.23. The molecular weight excluding hydrogens is 376 g/mol. The zero-order valence-electron chi connectivity index (χ0n) is 15.5. The zero-order chi connectivity index (χ0) is 20.1. The molecule has 8 heteroatoms. The van der Waals surface area contributed by atoms with E-state index in [4.69, 9.17) is 0 Å². The van der Waals surface area contributed by atoms with Crippen LogP contribution in [0.3, 0.4) is 0 Å². The van der Waals surface area contributed by atoms with Crippen molar-refractivity contribution in [2.75, 3.05) is 4.72 Å². The Balaban J connectivity index is 1.77. The Kier molecular flexibility index (Phi) is 5.70. The maximum Gasteiger partial charge on any atom is 0.263 e. The highest BCUT2D eigenvalue weighted by molar-refractivity contribution is 7.92. The highest BCUT2D eigenvalue weighted by Gasteiger charge is 2.17. The van der Waals surface area contributed by atoms with Gasteiger partial charge >= 0.3 is 0 Å². The van der Waals surface area contributed by atoms with E-state index in [1.165, 1.54) is 18.3 Å². The van der Waals surface area contributed by atoms with Crippen molar-refractivity contribution in [2.45, 2.75) is 25.3 Å². The van der Waals surface area contributed by atoms with Gasteiger partial charge in [-0.2, -0.15) is 0 Å². The molecule has 0 saturated heterocycles. The van der Waals surface area contributed by atoms with Crippen LogP contribution in [0, 0.1) is 13.8 Å². The Morgan fingerprint density at radius 2 is 1.89 bits per heavy atom. The quantitative estimate of drug-likeness (QED) is 0.667. The van der Waals surface area contributed by atoms with Crippen LogP contribution in [0.1, 0.15) is 27.2 Å². The topological polar surface area (TPSA) is 101 Å². The normalized spacial score (nSPS) is 11.1. The summed E-state index contributed by atoms with van der Waals surface area (Å²) in [6.45, 7) is 3.88. The number of aryl methyl sites for hydroxylation is 2. The summed E-state index contributed by atoms with van der Waals surface area (Å²) in [5.41, 5.74) is 2.99. The fourth-order valence-corrected chi connectivity index (χ4v) is 3.54. The molecule has 0 saturated carbocycles. The first-order valence-electron chi connectivity index (χ1n) is 8.58. The smallest absolute Gasteiger partial charge is 0.263 e. The van der Waals surface area contributed by atoms with Gasteiger partial charge in [-0.25, -0.2) is 8.42 Å². The molecule has 2 N–H and O–H groups in total. The molecule has 0 aliphatic heterocycles. The van der Waals surface area contributed by atoms with Gasteiger partial charge in [-0.15, -0.1) is 0 Å². The number of sulfonamides is 1. The standard InChI is InChI=1S/C20H20N4O3S/c1-14-5-7-17(20(25)23-12-16-4-3-9-21-11-16)10-19(14)24-28(26,27)18-8-6-15(2)22-13-18/h3-11,13,24H,12H2,1-2H3,(H,23,25). The van der Waals surface area contributed by atoms with Gasteiger partial charge in [0.05, 0.1) is 5.69 Å². The summed E-state index contributed by atoms with van der Waals surface area (Å²) in [5, 5.41) is 2.80. The number of carbonyl (C=O) groups is 1. The average molecular weight is 396 g/mol. The molecule has 0 aliphatic carbocycles. The van der Waals surface area contributed by atoms with E-state index in [0.717, 1.165) is 11.3 Å². The molecule has 0 aliphatic rings. The van der Waals surface area contributed by atoms with Crippen LogP contribution in [0.2, 0.25) is 0 Å². The van der Waals surface area contributed by atoms with Crippen LogP contribution in [0.4, 0.5) is 5.69 Å². The van der Waals surface area contributed by atoms with Crippen molar-refractivity contribution in [3.05, 3.63) is 83.4 Å². The Morgan fingerprint density at radius 3 is 2.57 bits per heavy atom. The molecule has 2 aromatic heterocycles. The molecule has 0 fully saturated rings. The largest absolute Gasteiger partial charge is 0.348 e. The van der Waals surface area contributed by atoms with Gasteiger partial charge in [-0.1, -0.05) is 12.1 Å². The Morgan fingerprint density at radius 1 is 1.07 bits per heavy atom. The van der Waals surface area contributed by atoms with Gasteiger partial charge in [0, 0.05) is 36.4 Å². The van der Waals surface area contributed by atoms with Gasteiger partial charge in [0.25, 0.3) is 15.9 Å². The molecule has 0 unspecified atom stereocenters. The molecule has 1 amide bonds. The van der Waals surface area contributed by atoms with Crippen molar-refractivity contribution < 1.29 is 13.2 Å². The summed E-state index contributed by atoms with van der Waals surface area (Å²) < 4.78 is 27.7. The minimum absolute atomic E-state index is 0.0592. The lowest BCUT2D eigenvalue weighted by atomic mass is 10.1. The maximum absolute atomic E-state index is 12.6. The number of nitrogens with one attached hydrogen (secondary N) is 2. The Hall–Kier alpha value is -3.26. The average Bonchev–Trinajstić information content (AvgIpc) is 2.69. The number of rotatable bonds is 6. The number of carbonyl (C=O) groups excluding carboxylic acids is 1. The zero-order valence-corrected chi connectivity index (χ0v) is 16.3. The molecule has 1 aromatic carbocycles. The number of pyridine rings is 2. The molecule has 7 nitrogen and oxygen atoms in total. The van der Waals surface area contributed by atoms with Gasteiger partial charge in [-0.3, -0.25) is 19.5 Å². The molecule has 0 spiro atoms. The summed E-state index contributed by atoms with van der Waals surface area (Å²) in [4.78, 5) is 20.5. The van der Waals surface area contributed by atoms with Crippen LogP contribution < -0.4 is 10.0 Å². The maximum atomic E-state index is 12.6. The van der Waals surface area contributed by atoms with Crippen molar-refractivity contribution >= 4 is 21.6 Å². The number of nitrogens with zero attached hydrogens (tertiary/aromatic N) is 2. The Bertz CT molecular complexity index is 1080. The van der Waals surface area contributed by atoms with Gasteiger partial charge < -0.3 is 5.32 Å². The predicted molar refractivity (Wildman–Crippen MR) is 106 cm³/mol. The molecule has 3 aromatic rings. The molecule has 2 heterocycles. The van der Waals surface area contributed by atoms with Crippen molar-refractivity contribution in [1.82, 2.24) is 15.3 Å². The Labute approximate surface area is 163 Å². The van der Waals surface area contributed by atoms with Crippen LogP contribution >= 0.6 is 0 Å². The third-order valence-electron chi connectivity index (χ3n) is 4.11. The van der Waals surface area contributed by atoms with E-state index in [2.05, 4.69) is 20.0 Å². The fourth-order valence-electron chi connectivity index (χ4n) is 2.48. The molecule has 0 atom stereocenters. The van der Waals surface area contributed by atoms with Gasteiger partial charge in [0.1, 0.15) is 4.90 Å². The summed E-state index contributed by atoms with van der Waals surface area (Å²) in [6, 6.07) is 11.6. The molecule has 28 heavy (non-hydrogen) atoms. The van der Waals surface area contributed by atoms with Crippen LogP contribution in [-0.4, -0.2) is 24.3 Å². The van der Waals surface area contributed by atoms with Gasteiger partial charge in [0.2, 0.25) is 0 Å². The molecule has 0 radical (unpaired) electrons. The minimum Gasteiger partial charge on any atom is -0.348 e. The number of hydrogen-bond donors (Lipinski definition) is 2. The first-order chi connectivity index (χ1) is 13.3. The number of amides is 1. The number of hydrogen-bond acceptors (Lipinski definition) is 5. The second-order valence-corrected chi connectivity index (χ2v) is 8.00. The summed E-state index contributed by atoms with van der Waals surface area (Å²) in [7, 11) is -3.80. The van der Waals surface area contributed by atoms with E-state index in [1.807, 2.05) is 6.07 Å². The summed E-state index contributed by atoms with van der Waals surface area (Å²) in [5.74, 6) is -0.304. The fraction of sp³-hybridized carbons (Fsp3) is 0.150. The van der Waals surface area contributed by atoms with E-state index >= 15 is 0 Å². The highest BCUT2D eigenvalue weighted by Crippen LogP contribution is 2.21. The second kappa shape index (κ2) is 8.18. The van der Waals surface area contributed by atoms with E-state index in [0.29, 0.717) is 23.4 Å². The van der Waals surface area contributed by atoms with Crippen molar-refractivity contribution in [1.29, 1.82) is 0 Å². The first-order valence-corrected chi connectivity index (χ1v) is 10.1. The summed E-state index contributed by atoms with van der Waals surface area (Å²) >= 11 is 0. The predicted octanol–water partition coefficient (Wildman–Crippen LogP) is 2.82. The van der Waals surface area contributed by atoms with Crippen LogP contribution in [0.5, 0.6) is 0 Å². The summed E-state index contributed by atoms with van der Waals surface area (Å²) in [6.07, 6.45) is 4.63. The van der Waals surface area contributed by atoms with E-state index in [1.54, 1.807) is 50.5 Å². The number of benzene rings is 1. The lowest BCUT2D eigenvalue weighted by Gasteiger charge is -2.12. The second-order valence-electron chi connectivity index (χ2n) is 6.31. The van der Waals surface area contributed by atoms with E-state index < -0.39 is 10.0 Å². The van der Waals surface area contributed by atoms with Crippen molar-refractivity contribution in [2.24, 2.45) is 0 Å². The lowest BCUT2D eigenvalue weighted by molar-refractivity contribution is 0.0951. The van der Waals surface area contributed by atoms with Crippen molar-refractivity contribution in [3.63, 3.8) is 0 Å². The number of anilines is 1. The molecular formula is C20H20N4O3S. The number of aromatic nitrogens is 2. The first kappa shape index (κ1) is 19.5. The van der Waals surface area contributed by atoms with Gasteiger partial charge in [0.15, 0.2) is 0 Å². The van der Waals surface area contributed by atoms with Crippen LogP contribution in [-0.2, 0) is 16.6 Å². The minimum atomic E-state index is -3.80. The van der Waals surface area contributed by atoms with E-state index in [-0.39, 0.29) is 10.8 Å². The monoisotopic (exact) mass is 396 g/mol. The van der Waals surface area contributed by atoms with Crippen molar-refractivity contribution in [3.8, 4) is 0 Å². The third kappa shape index (κ3) is 4.72. The molecule has 3 rings (SSSR count). The highest BCUT2D eigenvalue weighted by atomic mass is 32.2. The van der Waals surface area contributed by atoms with Crippen LogP contribution in [0.15, 0.2) is 66.0 Å². The van der Waals surface area contributed by atoms with Gasteiger partial charge in [-0.05, 0) is 55.3 Å². The molecule has 144 valence electrons. The van der Waals surface area contributed by atoms with E-state index in [9.17, 15) is 13.2 Å². The van der Waals surface area contributed by atoms with Crippen LogP contribution in [0.25, 0.3) is 0 Å². The SMILES string of the molecule is Cc1ccc(S(=O)(=O)Nc2cc(C(=O)NCc3cccnc3)ccc2C)cn1.